The number of anilines is 2. The second-order valence-corrected chi connectivity index (χ2v) is 8.29. The fraction of sp³-hybridized carbons (Fsp3) is 0.348. The number of aliphatic hydroxyl groups is 2. The third-order valence-electron chi connectivity index (χ3n) is 4.21. The van der Waals surface area contributed by atoms with Crippen LogP contribution in [-0.4, -0.2) is 45.9 Å². The molecule has 2 atom stereocenters. The molecule has 0 radical (unpaired) electrons. The molecule has 0 unspecified atom stereocenters. The summed E-state index contributed by atoms with van der Waals surface area (Å²) in [5.74, 6) is -1.84. The van der Waals surface area contributed by atoms with Crippen LogP contribution < -0.4 is 16.0 Å². The molecule has 0 bridgehead atoms. The summed E-state index contributed by atoms with van der Waals surface area (Å²) in [6, 6.07) is 13.3. The molecule has 0 saturated heterocycles. The Morgan fingerprint density at radius 2 is 1.28 bits per heavy atom. The maximum Gasteiger partial charge on any atom is 0.407 e. The number of amides is 3. The smallest absolute Gasteiger partial charge is 0.407 e. The Hall–Kier alpha value is -3.43. The zero-order valence-electron chi connectivity index (χ0n) is 18.5. The van der Waals surface area contributed by atoms with E-state index in [1.165, 1.54) is 0 Å². The zero-order valence-corrected chi connectivity index (χ0v) is 18.5. The van der Waals surface area contributed by atoms with Gasteiger partial charge in [-0.1, -0.05) is 29.8 Å². The van der Waals surface area contributed by atoms with Gasteiger partial charge < -0.3 is 30.9 Å². The number of aryl methyl sites for hydroxylation is 1. The summed E-state index contributed by atoms with van der Waals surface area (Å²) in [6.07, 6.45) is -4.46. The lowest BCUT2D eigenvalue weighted by Crippen LogP contribution is -2.45. The van der Waals surface area contributed by atoms with Gasteiger partial charge in [0.2, 0.25) is 0 Å². The van der Waals surface area contributed by atoms with Crippen LogP contribution in [0.15, 0.2) is 48.5 Å². The van der Waals surface area contributed by atoms with Crippen LogP contribution in [0, 0.1) is 6.92 Å². The summed E-state index contributed by atoms with van der Waals surface area (Å²) in [5.41, 5.74) is 1.94. The zero-order chi connectivity index (χ0) is 23.9. The lowest BCUT2D eigenvalue weighted by atomic mass is 10.1. The van der Waals surface area contributed by atoms with Crippen LogP contribution >= 0.6 is 0 Å². The minimum absolute atomic E-state index is 0.226. The first-order valence-electron chi connectivity index (χ1n) is 10.0. The van der Waals surface area contributed by atoms with Gasteiger partial charge in [-0.15, -0.1) is 0 Å². The molecular weight excluding hydrogens is 414 g/mol. The summed E-state index contributed by atoms with van der Waals surface area (Å²) in [4.78, 5) is 36.0. The molecule has 5 N–H and O–H groups in total. The van der Waals surface area contributed by atoms with E-state index in [2.05, 4.69) is 16.0 Å². The number of benzene rings is 2. The molecule has 9 nitrogen and oxygen atoms in total. The highest BCUT2D eigenvalue weighted by atomic mass is 16.6. The maximum atomic E-state index is 12.2. The normalized spacial score (nSPS) is 12.9. The molecule has 0 aliphatic heterocycles. The van der Waals surface area contributed by atoms with Crippen molar-refractivity contribution in [1.82, 2.24) is 5.32 Å². The third kappa shape index (κ3) is 8.01. The van der Waals surface area contributed by atoms with Crippen LogP contribution in [0.1, 0.15) is 31.9 Å². The van der Waals surface area contributed by atoms with Gasteiger partial charge in [0.05, 0.1) is 0 Å². The van der Waals surface area contributed by atoms with Crippen LogP contribution in [0.25, 0.3) is 0 Å². The van der Waals surface area contributed by atoms with E-state index in [1.807, 2.05) is 6.92 Å². The molecule has 2 rings (SSSR count). The lowest BCUT2D eigenvalue weighted by Gasteiger charge is -2.19. The third-order valence-corrected chi connectivity index (χ3v) is 4.21. The summed E-state index contributed by atoms with van der Waals surface area (Å²) < 4.78 is 5.16. The van der Waals surface area contributed by atoms with Crippen molar-refractivity contribution in [3.63, 3.8) is 0 Å². The van der Waals surface area contributed by atoms with E-state index in [0.717, 1.165) is 11.1 Å². The van der Waals surface area contributed by atoms with E-state index in [4.69, 9.17) is 4.74 Å². The summed E-state index contributed by atoms with van der Waals surface area (Å²) >= 11 is 0. The molecular formula is C23H29N3O6. The molecule has 0 spiro atoms. The lowest BCUT2D eigenvalue weighted by molar-refractivity contribution is -0.139. The predicted molar refractivity (Wildman–Crippen MR) is 120 cm³/mol. The van der Waals surface area contributed by atoms with Crippen molar-refractivity contribution in [2.45, 2.75) is 52.0 Å². The van der Waals surface area contributed by atoms with Crippen LogP contribution in [-0.2, 0) is 20.9 Å². The fourth-order valence-electron chi connectivity index (χ4n) is 2.55. The van der Waals surface area contributed by atoms with Gasteiger partial charge in [-0.25, -0.2) is 4.79 Å². The molecule has 2 aromatic rings. The number of hydrogen-bond acceptors (Lipinski definition) is 6. The quantitative estimate of drug-likeness (QED) is 0.445. The van der Waals surface area contributed by atoms with E-state index in [0.29, 0.717) is 11.4 Å². The first-order valence-corrected chi connectivity index (χ1v) is 10.0. The number of rotatable bonds is 7. The Balaban J connectivity index is 1.86. The van der Waals surface area contributed by atoms with E-state index in [1.54, 1.807) is 69.3 Å². The van der Waals surface area contributed by atoms with Crippen LogP contribution in [0.5, 0.6) is 0 Å². The Morgan fingerprint density at radius 3 is 1.72 bits per heavy atom. The number of alkyl carbamates (subject to hydrolysis) is 1. The number of carbonyl (C=O) groups excluding carboxylic acids is 3. The molecule has 0 aliphatic rings. The van der Waals surface area contributed by atoms with E-state index >= 15 is 0 Å². The minimum atomic E-state index is -1.96. The molecule has 32 heavy (non-hydrogen) atoms. The summed E-state index contributed by atoms with van der Waals surface area (Å²) in [7, 11) is 0. The average molecular weight is 444 g/mol. The number of carbonyl (C=O) groups is 3. The van der Waals surface area contributed by atoms with Crippen LogP contribution in [0.2, 0.25) is 0 Å². The van der Waals surface area contributed by atoms with Gasteiger partial charge >= 0.3 is 6.09 Å². The number of hydrogen-bond donors (Lipinski definition) is 5. The fourth-order valence-corrected chi connectivity index (χ4v) is 2.55. The first-order chi connectivity index (χ1) is 14.9. The highest BCUT2D eigenvalue weighted by Crippen LogP contribution is 2.13. The largest absolute Gasteiger partial charge is 0.444 e. The number of nitrogens with one attached hydrogen (secondary N) is 3. The van der Waals surface area contributed by atoms with Crippen molar-refractivity contribution in [3.05, 3.63) is 59.7 Å². The van der Waals surface area contributed by atoms with Gasteiger partial charge in [0.25, 0.3) is 11.8 Å². The molecule has 0 saturated carbocycles. The average Bonchev–Trinajstić information content (AvgIpc) is 2.72. The SMILES string of the molecule is Cc1ccc(NC(=O)[C@H](O)[C@@H](O)C(=O)Nc2ccc(CNC(=O)OC(C)(C)C)cc2)cc1. The molecule has 0 fully saturated rings. The molecule has 0 aliphatic carbocycles. The second kappa shape index (κ2) is 10.7. The van der Waals surface area contributed by atoms with E-state index in [9.17, 15) is 24.6 Å². The summed E-state index contributed by atoms with van der Waals surface area (Å²) in [6.45, 7) is 7.41. The van der Waals surface area contributed by atoms with Gasteiger partial charge in [0.1, 0.15) is 5.60 Å². The van der Waals surface area contributed by atoms with Gasteiger partial charge in [-0.2, -0.15) is 0 Å². The van der Waals surface area contributed by atoms with Crippen LogP contribution in [0.3, 0.4) is 0 Å². The Bertz CT molecular complexity index is 936. The highest BCUT2D eigenvalue weighted by Gasteiger charge is 2.30. The second-order valence-electron chi connectivity index (χ2n) is 8.29. The van der Waals surface area contributed by atoms with E-state index in [-0.39, 0.29) is 6.54 Å². The number of aliphatic hydroxyl groups excluding tert-OH is 2. The van der Waals surface area contributed by atoms with Crippen molar-refractivity contribution in [2.24, 2.45) is 0 Å². The molecule has 172 valence electrons. The molecule has 2 aromatic carbocycles. The van der Waals surface area contributed by atoms with Crippen molar-refractivity contribution in [2.75, 3.05) is 10.6 Å². The van der Waals surface area contributed by atoms with Crippen molar-refractivity contribution >= 4 is 29.3 Å². The summed E-state index contributed by atoms with van der Waals surface area (Å²) in [5, 5.41) is 27.6. The Kier molecular flexibility index (Phi) is 8.34. The standard InChI is InChI=1S/C23H29N3O6/c1-14-5-9-16(10-6-14)25-20(29)18(27)19(28)21(30)26-17-11-7-15(8-12-17)13-24-22(31)32-23(2,3)4/h5-12,18-19,27-28H,13H2,1-4H3,(H,24,31)(H,25,29)(H,26,30)/t18-,19-/m1/s1. The predicted octanol–water partition coefficient (Wildman–Crippen LogP) is 2.32. The first kappa shape index (κ1) is 24.8. The van der Waals surface area contributed by atoms with Crippen molar-refractivity contribution in [1.29, 1.82) is 0 Å². The minimum Gasteiger partial charge on any atom is -0.444 e. The van der Waals surface area contributed by atoms with Gasteiger partial charge in [-0.05, 0) is 57.5 Å². The van der Waals surface area contributed by atoms with Crippen molar-refractivity contribution in [3.8, 4) is 0 Å². The van der Waals surface area contributed by atoms with Gasteiger partial charge in [0, 0.05) is 17.9 Å². The Labute approximate surface area is 186 Å². The van der Waals surface area contributed by atoms with Crippen LogP contribution in [0.4, 0.5) is 16.2 Å². The van der Waals surface area contributed by atoms with E-state index < -0.39 is 35.7 Å². The maximum absolute atomic E-state index is 12.2. The topological polar surface area (TPSA) is 137 Å². The number of ether oxygens (including phenoxy) is 1. The highest BCUT2D eigenvalue weighted by molar-refractivity contribution is 6.02. The monoisotopic (exact) mass is 443 g/mol. The molecule has 3 amide bonds. The van der Waals surface area contributed by atoms with Gasteiger partial charge in [-0.3, -0.25) is 9.59 Å². The molecule has 0 heterocycles. The van der Waals surface area contributed by atoms with Crippen molar-refractivity contribution < 1.29 is 29.3 Å². The molecule has 9 heteroatoms. The Morgan fingerprint density at radius 1 is 0.844 bits per heavy atom. The molecule has 0 aromatic heterocycles. The van der Waals surface area contributed by atoms with Gasteiger partial charge in [0.15, 0.2) is 12.2 Å².